The van der Waals surface area contributed by atoms with Crippen molar-refractivity contribution >= 4 is 10.0 Å². The molecule has 0 aliphatic heterocycles. The lowest BCUT2D eigenvalue weighted by Gasteiger charge is -2.10. The van der Waals surface area contributed by atoms with Gasteiger partial charge in [-0.05, 0) is 12.3 Å². The van der Waals surface area contributed by atoms with Gasteiger partial charge < -0.3 is 14.2 Å². The zero-order valence-corrected chi connectivity index (χ0v) is 11.4. The third-order valence-electron chi connectivity index (χ3n) is 1.93. The van der Waals surface area contributed by atoms with E-state index in [2.05, 4.69) is 0 Å². The molecule has 104 valence electrons. The highest BCUT2D eigenvalue weighted by Gasteiger charge is 2.10. The number of hydrogen-bond acceptors (Lipinski definition) is 5. The summed E-state index contributed by atoms with van der Waals surface area (Å²) in [4.78, 5) is 0. The van der Waals surface area contributed by atoms with Crippen LogP contribution in [0.3, 0.4) is 0 Å². The maximum atomic E-state index is 10.8. The Labute approximate surface area is 103 Å². The van der Waals surface area contributed by atoms with E-state index in [4.69, 9.17) is 19.3 Å². The van der Waals surface area contributed by atoms with Crippen LogP contribution in [0.1, 0.15) is 13.3 Å². The van der Waals surface area contributed by atoms with Crippen molar-refractivity contribution in [2.24, 2.45) is 11.1 Å². The van der Waals surface area contributed by atoms with Gasteiger partial charge in [-0.25, -0.2) is 13.6 Å². The predicted molar refractivity (Wildman–Crippen MR) is 65.3 cm³/mol. The molecule has 0 heterocycles. The van der Waals surface area contributed by atoms with E-state index in [0.29, 0.717) is 33.0 Å². The van der Waals surface area contributed by atoms with E-state index in [9.17, 15) is 8.42 Å². The molecule has 0 radical (unpaired) electrons. The topological polar surface area (TPSA) is 87.8 Å². The average molecular weight is 269 g/mol. The van der Waals surface area contributed by atoms with Crippen molar-refractivity contribution < 1.29 is 22.6 Å². The van der Waals surface area contributed by atoms with Gasteiger partial charge in [0.15, 0.2) is 0 Å². The molecule has 0 aromatic carbocycles. The number of ether oxygens (including phenoxy) is 3. The Balaban J connectivity index is 3.28. The fourth-order valence-electron chi connectivity index (χ4n) is 1.24. The van der Waals surface area contributed by atoms with Gasteiger partial charge in [0.1, 0.15) is 0 Å². The fraction of sp³-hybridized carbons (Fsp3) is 1.00. The van der Waals surface area contributed by atoms with Crippen molar-refractivity contribution in [3.8, 4) is 0 Å². The Morgan fingerprint density at radius 2 is 1.76 bits per heavy atom. The Morgan fingerprint density at radius 1 is 1.12 bits per heavy atom. The summed E-state index contributed by atoms with van der Waals surface area (Å²) in [6, 6.07) is 0. The normalized spacial score (nSPS) is 13.8. The molecule has 1 unspecified atom stereocenters. The standard InChI is InChI=1S/C10H23NO5S/c1-10(9-17(11,12)13)8-16-5-3-4-15-7-6-14-2/h10H,3-9H2,1-2H3,(H2,11,12,13). The second kappa shape index (κ2) is 9.78. The van der Waals surface area contributed by atoms with E-state index in [-0.39, 0.29) is 11.7 Å². The lowest BCUT2D eigenvalue weighted by molar-refractivity contribution is 0.0470. The van der Waals surface area contributed by atoms with Crippen LogP contribution in [0, 0.1) is 5.92 Å². The molecule has 0 saturated heterocycles. The van der Waals surface area contributed by atoms with Crippen LogP contribution in [0.4, 0.5) is 0 Å². The summed E-state index contributed by atoms with van der Waals surface area (Å²) in [5.41, 5.74) is 0. The average Bonchev–Trinajstić information content (AvgIpc) is 2.19. The van der Waals surface area contributed by atoms with E-state index in [0.717, 1.165) is 6.42 Å². The minimum absolute atomic E-state index is 0.0443. The Kier molecular flexibility index (Phi) is 9.66. The molecule has 0 aliphatic rings. The highest BCUT2D eigenvalue weighted by Crippen LogP contribution is 1.99. The molecule has 0 aliphatic carbocycles. The molecule has 2 N–H and O–H groups in total. The molecule has 0 amide bonds. The van der Waals surface area contributed by atoms with Gasteiger partial charge in [-0.2, -0.15) is 0 Å². The first kappa shape index (κ1) is 16.8. The number of hydrogen-bond donors (Lipinski definition) is 1. The van der Waals surface area contributed by atoms with Crippen LogP contribution in [-0.4, -0.2) is 54.3 Å². The second-order valence-electron chi connectivity index (χ2n) is 3.97. The smallest absolute Gasteiger partial charge is 0.209 e. The SMILES string of the molecule is COCCOCCCOCC(C)CS(N)(=O)=O. The van der Waals surface area contributed by atoms with Gasteiger partial charge in [-0.1, -0.05) is 6.92 Å². The molecule has 0 bridgehead atoms. The summed E-state index contributed by atoms with van der Waals surface area (Å²) >= 11 is 0. The highest BCUT2D eigenvalue weighted by atomic mass is 32.2. The van der Waals surface area contributed by atoms with Crippen molar-refractivity contribution in [1.29, 1.82) is 0 Å². The number of nitrogens with two attached hydrogens (primary N) is 1. The molecule has 1 atom stereocenters. The van der Waals surface area contributed by atoms with Crippen LogP contribution in [0.15, 0.2) is 0 Å². The molecule has 0 aromatic rings. The van der Waals surface area contributed by atoms with Crippen LogP contribution in [0.2, 0.25) is 0 Å². The summed E-state index contributed by atoms with van der Waals surface area (Å²) in [5.74, 6) is -0.128. The molecule has 0 spiro atoms. The van der Waals surface area contributed by atoms with Gasteiger partial charge in [0.2, 0.25) is 10.0 Å². The summed E-state index contributed by atoms with van der Waals surface area (Å²) in [6.07, 6.45) is 0.784. The summed E-state index contributed by atoms with van der Waals surface area (Å²) < 4.78 is 36.9. The maximum Gasteiger partial charge on any atom is 0.209 e. The van der Waals surface area contributed by atoms with Crippen LogP contribution < -0.4 is 5.14 Å². The minimum Gasteiger partial charge on any atom is -0.382 e. The number of primary sulfonamides is 1. The van der Waals surface area contributed by atoms with Crippen LogP contribution in [-0.2, 0) is 24.2 Å². The number of rotatable bonds is 11. The minimum atomic E-state index is -3.40. The van der Waals surface area contributed by atoms with Gasteiger partial charge in [-0.15, -0.1) is 0 Å². The first-order chi connectivity index (χ1) is 7.95. The highest BCUT2D eigenvalue weighted by molar-refractivity contribution is 7.89. The lowest BCUT2D eigenvalue weighted by Crippen LogP contribution is -2.24. The van der Waals surface area contributed by atoms with E-state index >= 15 is 0 Å². The molecular formula is C10H23NO5S. The van der Waals surface area contributed by atoms with E-state index in [1.54, 1.807) is 14.0 Å². The Bertz CT molecular complexity index is 268. The van der Waals surface area contributed by atoms with Crippen LogP contribution >= 0.6 is 0 Å². The molecule has 7 heteroatoms. The summed E-state index contributed by atoms with van der Waals surface area (Å²) in [6.45, 7) is 4.54. The van der Waals surface area contributed by atoms with Gasteiger partial charge in [0, 0.05) is 20.3 Å². The molecule has 6 nitrogen and oxygen atoms in total. The molecule has 0 fully saturated rings. The summed E-state index contributed by atoms with van der Waals surface area (Å²) in [7, 11) is -1.78. The molecule has 0 saturated carbocycles. The molecule has 0 rings (SSSR count). The Morgan fingerprint density at radius 3 is 2.35 bits per heavy atom. The van der Waals surface area contributed by atoms with Crippen molar-refractivity contribution in [2.75, 3.05) is 45.9 Å². The molecule has 17 heavy (non-hydrogen) atoms. The van der Waals surface area contributed by atoms with Crippen LogP contribution in [0.5, 0.6) is 0 Å². The monoisotopic (exact) mass is 269 g/mol. The van der Waals surface area contributed by atoms with Gasteiger partial charge in [0.25, 0.3) is 0 Å². The second-order valence-corrected chi connectivity index (χ2v) is 5.63. The van der Waals surface area contributed by atoms with E-state index < -0.39 is 10.0 Å². The van der Waals surface area contributed by atoms with E-state index in [1.807, 2.05) is 0 Å². The van der Waals surface area contributed by atoms with Crippen molar-refractivity contribution in [1.82, 2.24) is 0 Å². The zero-order valence-electron chi connectivity index (χ0n) is 10.6. The largest absolute Gasteiger partial charge is 0.382 e. The predicted octanol–water partition coefficient (Wildman–Crippen LogP) is -0.0193. The third kappa shape index (κ3) is 13.7. The third-order valence-corrected chi connectivity index (χ3v) is 2.96. The van der Waals surface area contributed by atoms with E-state index in [1.165, 1.54) is 0 Å². The van der Waals surface area contributed by atoms with Crippen molar-refractivity contribution in [3.63, 3.8) is 0 Å². The molecule has 0 aromatic heterocycles. The van der Waals surface area contributed by atoms with Crippen molar-refractivity contribution in [3.05, 3.63) is 0 Å². The number of sulfonamides is 1. The summed E-state index contributed by atoms with van der Waals surface area (Å²) in [5, 5.41) is 4.92. The van der Waals surface area contributed by atoms with Gasteiger partial charge in [0.05, 0.1) is 25.6 Å². The maximum absolute atomic E-state index is 10.8. The van der Waals surface area contributed by atoms with Gasteiger partial charge >= 0.3 is 0 Å². The van der Waals surface area contributed by atoms with Crippen LogP contribution in [0.25, 0.3) is 0 Å². The Hall–Kier alpha value is -0.210. The fourth-order valence-corrected chi connectivity index (χ4v) is 2.13. The first-order valence-corrected chi connectivity index (χ1v) is 7.32. The lowest BCUT2D eigenvalue weighted by atomic mass is 10.2. The number of methoxy groups -OCH3 is 1. The first-order valence-electron chi connectivity index (χ1n) is 5.60. The quantitative estimate of drug-likeness (QED) is 0.533. The zero-order chi connectivity index (χ0) is 13.1. The van der Waals surface area contributed by atoms with Gasteiger partial charge in [-0.3, -0.25) is 0 Å². The molecular weight excluding hydrogens is 246 g/mol. The van der Waals surface area contributed by atoms with Crippen molar-refractivity contribution in [2.45, 2.75) is 13.3 Å².